The number of hydrogen-bond donors (Lipinski definition) is 2. The SMILES string of the molecule is COC(=O)c1cc2c(cc1N)CCN2. The smallest absolute Gasteiger partial charge is 0.340 e. The average molecular weight is 192 g/mol. The highest BCUT2D eigenvalue weighted by atomic mass is 16.5. The van der Waals surface area contributed by atoms with Crippen LogP contribution >= 0.6 is 0 Å². The van der Waals surface area contributed by atoms with Gasteiger partial charge in [-0.15, -0.1) is 0 Å². The van der Waals surface area contributed by atoms with E-state index in [-0.39, 0.29) is 5.97 Å². The molecule has 1 aliphatic heterocycles. The predicted molar refractivity (Wildman–Crippen MR) is 54.4 cm³/mol. The summed E-state index contributed by atoms with van der Waals surface area (Å²) in [6.07, 6.45) is 0.959. The molecular weight excluding hydrogens is 180 g/mol. The maximum absolute atomic E-state index is 11.3. The number of carbonyl (C=O) groups excluding carboxylic acids is 1. The van der Waals surface area contributed by atoms with Crippen LogP contribution in [0.3, 0.4) is 0 Å². The van der Waals surface area contributed by atoms with Gasteiger partial charge in [0.1, 0.15) is 0 Å². The fourth-order valence-corrected chi connectivity index (χ4v) is 1.65. The summed E-state index contributed by atoms with van der Waals surface area (Å²) in [4.78, 5) is 11.3. The third-order valence-corrected chi connectivity index (χ3v) is 2.39. The largest absolute Gasteiger partial charge is 0.465 e. The Labute approximate surface area is 82.1 Å². The normalized spacial score (nSPS) is 13.2. The number of carbonyl (C=O) groups is 1. The number of methoxy groups -OCH3 is 1. The Balaban J connectivity index is 2.47. The second-order valence-electron chi connectivity index (χ2n) is 3.26. The molecule has 0 amide bonds. The van der Waals surface area contributed by atoms with Crippen LogP contribution in [0, 0.1) is 0 Å². The number of anilines is 2. The van der Waals surface area contributed by atoms with E-state index in [2.05, 4.69) is 10.1 Å². The van der Waals surface area contributed by atoms with Gasteiger partial charge in [-0.3, -0.25) is 0 Å². The molecule has 0 atom stereocenters. The summed E-state index contributed by atoms with van der Waals surface area (Å²) >= 11 is 0. The summed E-state index contributed by atoms with van der Waals surface area (Å²) in [5, 5.41) is 3.18. The van der Waals surface area contributed by atoms with Gasteiger partial charge in [0.05, 0.1) is 12.7 Å². The Bertz CT molecular complexity index is 388. The Morgan fingerprint density at radius 1 is 1.57 bits per heavy atom. The van der Waals surface area contributed by atoms with Gasteiger partial charge >= 0.3 is 5.97 Å². The van der Waals surface area contributed by atoms with Crippen LogP contribution in [0.4, 0.5) is 11.4 Å². The highest BCUT2D eigenvalue weighted by Crippen LogP contribution is 2.27. The van der Waals surface area contributed by atoms with Gasteiger partial charge in [0.15, 0.2) is 0 Å². The molecule has 1 aliphatic rings. The van der Waals surface area contributed by atoms with Crippen molar-refractivity contribution in [1.82, 2.24) is 0 Å². The fraction of sp³-hybridized carbons (Fsp3) is 0.300. The molecule has 2 rings (SSSR count). The molecule has 4 nitrogen and oxygen atoms in total. The number of nitrogens with two attached hydrogens (primary N) is 1. The van der Waals surface area contributed by atoms with Crippen LogP contribution in [0.5, 0.6) is 0 Å². The fourth-order valence-electron chi connectivity index (χ4n) is 1.65. The van der Waals surface area contributed by atoms with Crippen LogP contribution in [0.15, 0.2) is 12.1 Å². The first-order valence-electron chi connectivity index (χ1n) is 4.47. The molecule has 1 aromatic rings. The summed E-state index contributed by atoms with van der Waals surface area (Å²) in [7, 11) is 1.35. The molecule has 4 heteroatoms. The third-order valence-electron chi connectivity index (χ3n) is 2.39. The van der Waals surface area contributed by atoms with Crippen molar-refractivity contribution in [3.05, 3.63) is 23.3 Å². The third kappa shape index (κ3) is 1.28. The van der Waals surface area contributed by atoms with Gasteiger partial charge in [0.2, 0.25) is 0 Å². The molecule has 14 heavy (non-hydrogen) atoms. The van der Waals surface area contributed by atoms with E-state index in [4.69, 9.17) is 5.73 Å². The van der Waals surface area contributed by atoms with E-state index in [0.717, 1.165) is 24.2 Å². The summed E-state index contributed by atoms with van der Waals surface area (Å²) in [6, 6.07) is 3.59. The Morgan fingerprint density at radius 3 is 3.07 bits per heavy atom. The van der Waals surface area contributed by atoms with Gasteiger partial charge < -0.3 is 15.8 Å². The number of hydrogen-bond acceptors (Lipinski definition) is 4. The lowest BCUT2D eigenvalue weighted by molar-refractivity contribution is 0.0602. The second-order valence-corrected chi connectivity index (χ2v) is 3.26. The Hall–Kier alpha value is -1.71. The quantitative estimate of drug-likeness (QED) is 0.515. The lowest BCUT2D eigenvalue weighted by Crippen LogP contribution is -2.06. The molecule has 0 unspecified atom stereocenters. The second kappa shape index (κ2) is 3.21. The van der Waals surface area contributed by atoms with Crippen molar-refractivity contribution in [2.45, 2.75) is 6.42 Å². The minimum Gasteiger partial charge on any atom is -0.465 e. The number of benzene rings is 1. The van der Waals surface area contributed by atoms with Crippen molar-refractivity contribution in [1.29, 1.82) is 0 Å². The summed E-state index contributed by atoms with van der Waals surface area (Å²) < 4.78 is 4.63. The molecular formula is C10H12N2O2. The number of nitrogen functional groups attached to an aromatic ring is 1. The highest BCUT2D eigenvalue weighted by molar-refractivity contribution is 5.96. The van der Waals surface area contributed by atoms with E-state index >= 15 is 0 Å². The topological polar surface area (TPSA) is 64.3 Å². The van der Waals surface area contributed by atoms with Crippen molar-refractivity contribution in [3.63, 3.8) is 0 Å². The number of nitrogens with one attached hydrogen (secondary N) is 1. The van der Waals surface area contributed by atoms with E-state index < -0.39 is 0 Å². The molecule has 74 valence electrons. The molecule has 0 radical (unpaired) electrons. The molecule has 0 aromatic heterocycles. The first-order chi connectivity index (χ1) is 6.72. The maximum Gasteiger partial charge on any atom is 0.340 e. The number of rotatable bonds is 1. The zero-order chi connectivity index (χ0) is 10.1. The zero-order valence-corrected chi connectivity index (χ0v) is 7.96. The van der Waals surface area contributed by atoms with E-state index in [9.17, 15) is 4.79 Å². The molecule has 0 spiro atoms. The van der Waals surface area contributed by atoms with Gasteiger partial charge in [-0.2, -0.15) is 0 Å². The van der Waals surface area contributed by atoms with E-state index in [1.807, 2.05) is 6.07 Å². The average Bonchev–Trinajstić information content (AvgIpc) is 2.62. The summed E-state index contributed by atoms with van der Waals surface area (Å²) in [6.45, 7) is 0.902. The molecule has 1 heterocycles. The van der Waals surface area contributed by atoms with E-state index in [1.54, 1.807) is 6.07 Å². The van der Waals surface area contributed by atoms with Gasteiger partial charge in [-0.1, -0.05) is 0 Å². The molecule has 0 bridgehead atoms. The standard InChI is InChI=1S/C10H12N2O2/c1-14-10(13)7-5-9-6(2-3-12-9)4-8(7)11/h4-5,12H,2-3,11H2,1H3. The molecule has 1 aromatic carbocycles. The van der Waals surface area contributed by atoms with Gasteiger partial charge in [-0.05, 0) is 24.1 Å². The van der Waals surface area contributed by atoms with Crippen LogP contribution in [-0.2, 0) is 11.2 Å². The summed E-state index contributed by atoms with van der Waals surface area (Å²) in [5.41, 5.74) is 8.81. The molecule has 0 aliphatic carbocycles. The molecule has 3 N–H and O–H groups in total. The number of fused-ring (bicyclic) bond motifs is 1. The first kappa shape index (κ1) is 8.87. The maximum atomic E-state index is 11.3. The van der Waals surface area contributed by atoms with Crippen molar-refractivity contribution in [2.24, 2.45) is 0 Å². The van der Waals surface area contributed by atoms with Crippen LogP contribution in [0.2, 0.25) is 0 Å². The monoisotopic (exact) mass is 192 g/mol. The lowest BCUT2D eigenvalue weighted by Gasteiger charge is -2.06. The number of ether oxygens (including phenoxy) is 1. The highest BCUT2D eigenvalue weighted by Gasteiger charge is 2.16. The molecule has 0 saturated heterocycles. The zero-order valence-electron chi connectivity index (χ0n) is 7.96. The van der Waals surface area contributed by atoms with E-state index in [1.165, 1.54) is 7.11 Å². The molecule has 0 saturated carbocycles. The van der Waals surface area contributed by atoms with Crippen LogP contribution in [0.25, 0.3) is 0 Å². The first-order valence-corrected chi connectivity index (χ1v) is 4.47. The minimum absolute atomic E-state index is 0.390. The van der Waals surface area contributed by atoms with Crippen molar-refractivity contribution < 1.29 is 9.53 Å². The Morgan fingerprint density at radius 2 is 2.36 bits per heavy atom. The Kier molecular flexibility index (Phi) is 2.04. The van der Waals surface area contributed by atoms with Crippen LogP contribution < -0.4 is 11.1 Å². The minimum atomic E-state index is -0.390. The number of esters is 1. The predicted octanol–water partition coefficient (Wildman–Crippen LogP) is 1.02. The van der Waals surface area contributed by atoms with Crippen LogP contribution in [-0.4, -0.2) is 19.6 Å². The van der Waals surface area contributed by atoms with E-state index in [0.29, 0.717) is 11.3 Å². The van der Waals surface area contributed by atoms with Crippen molar-refractivity contribution in [3.8, 4) is 0 Å². The summed E-state index contributed by atoms with van der Waals surface area (Å²) in [5.74, 6) is -0.390. The van der Waals surface area contributed by atoms with Gasteiger partial charge in [-0.25, -0.2) is 4.79 Å². The van der Waals surface area contributed by atoms with Crippen molar-refractivity contribution in [2.75, 3.05) is 24.7 Å². The van der Waals surface area contributed by atoms with Crippen molar-refractivity contribution >= 4 is 17.3 Å². The van der Waals surface area contributed by atoms with Gasteiger partial charge in [0.25, 0.3) is 0 Å². The van der Waals surface area contributed by atoms with Crippen LogP contribution in [0.1, 0.15) is 15.9 Å². The lowest BCUT2D eigenvalue weighted by atomic mass is 10.1. The van der Waals surface area contributed by atoms with Gasteiger partial charge in [0, 0.05) is 17.9 Å². The molecule has 0 fully saturated rings.